The highest BCUT2D eigenvalue weighted by Crippen LogP contribution is 2.26. The normalized spacial score (nSPS) is 21.1. The fourth-order valence-electron chi connectivity index (χ4n) is 2.92. The van der Waals surface area contributed by atoms with Crippen LogP contribution in [0.2, 0.25) is 0 Å². The lowest BCUT2D eigenvalue weighted by atomic mass is 9.89. The van der Waals surface area contributed by atoms with Crippen LogP contribution in [0.15, 0.2) is 6.20 Å². The molecule has 2 rings (SSSR count). The molecule has 114 valence electrons. The third-order valence-corrected chi connectivity index (χ3v) is 5.21. The first-order chi connectivity index (χ1) is 9.69. The van der Waals surface area contributed by atoms with Crippen molar-refractivity contribution in [2.75, 3.05) is 25.0 Å². The van der Waals surface area contributed by atoms with E-state index in [0.717, 1.165) is 36.5 Å². The Kier molecular flexibility index (Phi) is 6.30. The molecule has 1 fully saturated rings. The van der Waals surface area contributed by atoms with Crippen LogP contribution in [0, 0.1) is 11.8 Å². The predicted octanol–water partition coefficient (Wildman–Crippen LogP) is 4.22. The van der Waals surface area contributed by atoms with E-state index in [1.54, 1.807) is 0 Å². The van der Waals surface area contributed by atoms with E-state index in [1.807, 2.05) is 17.5 Å². The van der Waals surface area contributed by atoms with Crippen molar-refractivity contribution in [1.29, 1.82) is 0 Å². The van der Waals surface area contributed by atoms with Crippen molar-refractivity contribution in [2.45, 2.75) is 53.0 Å². The van der Waals surface area contributed by atoms with Crippen LogP contribution >= 0.6 is 11.3 Å². The van der Waals surface area contributed by atoms with Gasteiger partial charge in [0, 0.05) is 24.2 Å². The quantitative estimate of drug-likeness (QED) is 0.851. The van der Waals surface area contributed by atoms with Crippen LogP contribution in [0.5, 0.6) is 0 Å². The minimum atomic E-state index is 0.836. The summed E-state index contributed by atoms with van der Waals surface area (Å²) in [6, 6.07) is 0. The van der Waals surface area contributed by atoms with Crippen LogP contribution in [-0.4, -0.2) is 29.5 Å². The molecule has 1 aliphatic heterocycles. The van der Waals surface area contributed by atoms with Gasteiger partial charge in [0.05, 0.1) is 0 Å². The fraction of sp³-hybridized carbons (Fsp3) is 0.812. The summed E-state index contributed by atoms with van der Waals surface area (Å²) in [5.74, 6) is 1.76. The fourth-order valence-corrected chi connectivity index (χ4v) is 3.80. The van der Waals surface area contributed by atoms with Crippen molar-refractivity contribution in [3.05, 3.63) is 11.1 Å². The molecule has 1 atom stereocenters. The van der Waals surface area contributed by atoms with Crippen LogP contribution in [0.25, 0.3) is 0 Å². The van der Waals surface area contributed by atoms with Crippen molar-refractivity contribution in [3.8, 4) is 0 Å². The van der Waals surface area contributed by atoms with Gasteiger partial charge in [-0.2, -0.15) is 0 Å². The van der Waals surface area contributed by atoms with E-state index in [2.05, 4.69) is 36.0 Å². The van der Waals surface area contributed by atoms with Gasteiger partial charge >= 0.3 is 0 Å². The molecule has 1 unspecified atom stereocenters. The van der Waals surface area contributed by atoms with Crippen molar-refractivity contribution in [3.63, 3.8) is 0 Å². The molecule has 3 nitrogen and oxygen atoms in total. The smallest absolute Gasteiger partial charge is 0.182 e. The number of thiazole rings is 1. The Balaban J connectivity index is 1.82. The van der Waals surface area contributed by atoms with Gasteiger partial charge in [-0.05, 0) is 50.6 Å². The van der Waals surface area contributed by atoms with Crippen LogP contribution in [0.3, 0.4) is 0 Å². The third-order valence-electron chi connectivity index (χ3n) is 4.27. The number of nitrogens with zero attached hydrogens (tertiary/aromatic N) is 2. The summed E-state index contributed by atoms with van der Waals surface area (Å²) in [7, 11) is 0. The van der Waals surface area contributed by atoms with Crippen molar-refractivity contribution >= 4 is 16.5 Å². The Morgan fingerprint density at radius 3 is 3.00 bits per heavy atom. The molecule has 4 heteroatoms. The van der Waals surface area contributed by atoms with E-state index in [0.29, 0.717) is 0 Å². The number of likely N-dealkylation sites (tertiary alicyclic amines) is 1. The van der Waals surface area contributed by atoms with Crippen LogP contribution in [-0.2, 0) is 6.54 Å². The maximum atomic E-state index is 4.47. The average molecular weight is 295 g/mol. The molecule has 0 aromatic carbocycles. The van der Waals surface area contributed by atoms with E-state index in [9.17, 15) is 0 Å². The Bertz CT molecular complexity index is 389. The highest BCUT2D eigenvalue weighted by atomic mass is 32.1. The summed E-state index contributed by atoms with van der Waals surface area (Å²) < 4.78 is 0. The largest absolute Gasteiger partial charge is 0.362 e. The zero-order valence-corrected chi connectivity index (χ0v) is 14.0. The molecular formula is C16H29N3S. The number of nitrogens with one attached hydrogen (secondary N) is 1. The Morgan fingerprint density at radius 1 is 1.40 bits per heavy atom. The predicted molar refractivity (Wildman–Crippen MR) is 88.4 cm³/mol. The topological polar surface area (TPSA) is 28.2 Å². The number of aromatic nitrogens is 1. The van der Waals surface area contributed by atoms with Crippen molar-refractivity contribution < 1.29 is 0 Å². The number of hydrogen-bond acceptors (Lipinski definition) is 4. The van der Waals surface area contributed by atoms with Crippen molar-refractivity contribution in [1.82, 2.24) is 9.88 Å². The summed E-state index contributed by atoms with van der Waals surface area (Å²) in [6.45, 7) is 11.5. The average Bonchev–Trinajstić information content (AvgIpc) is 2.72. The summed E-state index contributed by atoms with van der Waals surface area (Å²) in [6.07, 6.45) is 7.31. The monoisotopic (exact) mass is 295 g/mol. The van der Waals surface area contributed by atoms with Gasteiger partial charge in [0.15, 0.2) is 5.13 Å². The third kappa shape index (κ3) is 4.74. The number of anilines is 1. The summed E-state index contributed by atoms with van der Waals surface area (Å²) in [4.78, 5) is 8.47. The molecule has 0 amide bonds. The molecule has 2 heterocycles. The molecule has 0 saturated carbocycles. The first-order valence-electron chi connectivity index (χ1n) is 8.10. The second-order valence-electron chi connectivity index (χ2n) is 6.27. The van der Waals surface area contributed by atoms with E-state index in [-0.39, 0.29) is 0 Å². The highest BCUT2D eigenvalue weighted by Gasteiger charge is 2.19. The van der Waals surface area contributed by atoms with Gasteiger partial charge < -0.3 is 5.32 Å². The molecule has 1 aromatic heterocycles. The second-order valence-corrected chi connectivity index (χ2v) is 7.38. The summed E-state index contributed by atoms with van der Waals surface area (Å²) >= 11 is 1.82. The highest BCUT2D eigenvalue weighted by molar-refractivity contribution is 7.15. The first kappa shape index (κ1) is 15.8. The lowest BCUT2D eigenvalue weighted by Gasteiger charge is -2.20. The van der Waals surface area contributed by atoms with Gasteiger partial charge in [-0.1, -0.05) is 20.8 Å². The molecule has 0 aliphatic carbocycles. The maximum Gasteiger partial charge on any atom is 0.182 e. The summed E-state index contributed by atoms with van der Waals surface area (Å²) in [5, 5.41) is 4.46. The maximum absolute atomic E-state index is 4.47. The van der Waals surface area contributed by atoms with Crippen LogP contribution in [0.4, 0.5) is 5.13 Å². The van der Waals surface area contributed by atoms with Crippen LogP contribution in [0.1, 0.15) is 51.3 Å². The van der Waals surface area contributed by atoms with Gasteiger partial charge in [-0.25, -0.2) is 4.98 Å². The second kappa shape index (κ2) is 7.99. The van der Waals surface area contributed by atoms with Crippen LogP contribution < -0.4 is 5.32 Å². The zero-order valence-electron chi connectivity index (χ0n) is 13.2. The zero-order chi connectivity index (χ0) is 14.4. The van der Waals surface area contributed by atoms with Gasteiger partial charge in [-0.3, -0.25) is 4.90 Å². The van der Waals surface area contributed by atoms with Gasteiger partial charge in [0.2, 0.25) is 0 Å². The molecule has 1 aliphatic rings. The van der Waals surface area contributed by atoms with E-state index in [4.69, 9.17) is 0 Å². The molecule has 0 spiro atoms. The standard InChI is InChI=1S/C16H29N3S/c1-4-8-17-16-18-11-15(20-16)12-19-9-5-6-14(7-10-19)13(2)3/h11,13-14H,4-10,12H2,1-3H3,(H,17,18). The molecule has 1 saturated heterocycles. The van der Waals surface area contributed by atoms with E-state index >= 15 is 0 Å². The molecule has 0 radical (unpaired) electrons. The van der Waals surface area contributed by atoms with Gasteiger partial charge in [0.1, 0.15) is 0 Å². The number of hydrogen-bond donors (Lipinski definition) is 1. The van der Waals surface area contributed by atoms with E-state index < -0.39 is 0 Å². The first-order valence-corrected chi connectivity index (χ1v) is 8.91. The lowest BCUT2D eigenvalue weighted by molar-refractivity contribution is 0.266. The molecule has 0 bridgehead atoms. The molecule has 20 heavy (non-hydrogen) atoms. The molecular weight excluding hydrogens is 266 g/mol. The van der Waals surface area contributed by atoms with Gasteiger partial charge in [-0.15, -0.1) is 11.3 Å². The van der Waals surface area contributed by atoms with Gasteiger partial charge in [0.25, 0.3) is 0 Å². The van der Waals surface area contributed by atoms with Crippen molar-refractivity contribution in [2.24, 2.45) is 11.8 Å². The SMILES string of the molecule is CCCNc1ncc(CN2CCCC(C(C)C)CC2)s1. The lowest BCUT2D eigenvalue weighted by Crippen LogP contribution is -2.24. The summed E-state index contributed by atoms with van der Waals surface area (Å²) in [5.41, 5.74) is 0. The number of rotatable bonds is 6. The minimum absolute atomic E-state index is 0.836. The Hall–Kier alpha value is -0.610. The Labute approximate surface area is 127 Å². The molecule has 1 aromatic rings. The molecule has 1 N–H and O–H groups in total. The van der Waals surface area contributed by atoms with E-state index in [1.165, 1.54) is 37.2 Å². The Morgan fingerprint density at radius 2 is 2.25 bits per heavy atom. The minimum Gasteiger partial charge on any atom is -0.362 e.